The topological polar surface area (TPSA) is 107 Å². The molecule has 2 aliphatic rings. The van der Waals surface area contributed by atoms with E-state index < -0.39 is 35.7 Å². The molecule has 0 saturated carbocycles. The van der Waals surface area contributed by atoms with Crippen LogP contribution in [0.5, 0.6) is 5.88 Å². The van der Waals surface area contributed by atoms with Gasteiger partial charge in [-0.25, -0.2) is 14.6 Å². The van der Waals surface area contributed by atoms with Crippen LogP contribution in [-0.2, 0) is 25.5 Å². The number of aromatic nitrogens is 1. The number of ether oxygens (including phenoxy) is 3. The van der Waals surface area contributed by atoms with Crippen molar-refractivity contribution in [2.24, 2.45) is 5.41 Å². The minimum atomic E-state index is -0.904. The van der Waals surface area contributed by atoms with Crippen molar-refractivity contribution in [3.63, 3.8) is 0 Å². The Morgan fingerprint density at radius 1 is 1.21 bits per heavy atom. The van der Waals surface area contributed by atoms with Crippen LogP contribution in [0.3, 0.4) is 0 Å². The van der Waals surface area contributed by atoms with E-state index in [-0.39, 0.29) is 32.1 Å². The average Bonchev–Trinajstić information content (AvgIpc) is 3.28. The van der Waals surface area contributed by atoms with Crippen LogP contribution in [0.25, 0.3) is 10.8 Å². The van der Waals surface area contributed by atoms with Gasteiger partial charge < -0.3 is 24.4 Å². The number of rotatable bonds is 2. The predicted molar refractivity (Wildman–Crippen MR) is 146 cm³/mol. The van der Waals surface area contributed by atoms with Gasteiger partial charge in [-0.2, -0.15) is 0 Å². The monoisotopic (exact) mass is 589 g/mol. The van der Waals surface area contributed by atoms with Gasteiger partial charge in [0, 0.05) is 27.9 Å². The first-order valence-corrected chi connectivity index (χ1v) is 14.0. The zero-order valence-corrected chi connectivity index (χ0v) is 24.0. The van der Waals surface area contributed by atoms with Crippen molar-refractivity contribution in [2.75, 3.05) is 19.8 Å². The lowest BCUT2D eigenvalue weighted by Gasteiger charge is -2.34. The number of esters is 1. The standard InChI is InChI=1S/C28H36BrN3O6/c1-5-36-26(34)22-15-18-16-32(22)25(33)23(28(2,3)4)31-27(35)37-12-8-6-7-9-17-13-20-19(21(29)14-17)10-11-30-24(20)38-18/h10-11,13-14,18,22-23H,5-9,12,15-16H2,1-4H3,(H,31,35)/t18-,22+,23-/m1/s1. The molecule has 9 nitrogen and oxygen atoms in total. The van der Waals surface area contributed by atoms with E-state index in [4.69, 9.17) is 14.2 Å². The minimum absolute atomic E-state index is 0.157. The highest BCUT2D eigenvalue weighted by Crippen LogP contribution is 2.34. The first-order valence-electron chi connectivity index (χ1n) is 13.2. The van der Waals surface area contributed by atoms with Crippen LogP contribution in [0.1, 0.15) is 58.9 Å². The molecule has 3 heterocycles. The van der Waals surface area contributed by atoms with E-state index in [1.165, 1.54) is 4.90 Å². The lowest BCUT2D eigenvalue weighted by atomic mass is 9.85. The van der Waals surface area contributed by atoms with Crippen molar-refractivity contribution in [3.05, 3.63) is 34.4 Å². The maximum atomic E-state index is 13.9. The highest BCUT2D eigenvalue weighted by molar-refractivity contribution is 9.10. The minimum Gasteiger partial charge on any atom is -0.472 e. The number of pyridine rings is 1. The lowest BCUT2D eigenvalue weighted by molar-refractivity contribution is -0.154. The third-order valence-electron chi connectivity index (χ3n) is 6.95. The molecule has 1 N–H and O–H groups in total. The van der Waals surface area contributed by atoms with Crippen molar-refractivity contribution in [1.82, 2.24) is 15.2 Å². The number of carbonyl (C=O) groups excluding carboxylic acids is 3. The number of hydrogen-bond donors (Lipinski definition) is 1. The Balaban J connectivity index is 1.73. The van der Waals surface area contributed by atoms with E-state index >= 15 is 0 Å². The molecule has 0 aliphatic carbocycles. The number of benzene rings is 1. The Kier molecular flexibility index (Phi) is 8.80. The summed E-state index contributed by atoms with van der Waals surface area (Å²) in [5, 5.41) is 4.60. The summed E-state index contributed by atoms with van der Waals surface area (Å²) in [7, 11) is 0. The molecule has 0 unspecified atom stereocenters. The maximum absolute atomic E-state index is 13.9. The van der Waals surface area contributed by atoms with Crippen LogP contribution >= 0.6 is 15.9 Å². The van der Waals surface area contributed by atoms with Gasteiger partial charge >= 0.3 is 12.1 Å². The number of aryl methyl sites for hydroxylation is 1. The second-order valence-corrected chi connectivity index (χ2v) is 11.8. The molecule has 2 amide bonds. The fourth-order valence-corrected chi connectivity index (χ4v) is 5.64. The number of amides is 2. The number of alkyl carbamates (subject to hydrolysis) is 1. The van der Waals surface area contributed by atoms with Gasteiger partial charge in [0.15, 0.2) is 0 Å². The van der Waals surface area contributed by atoms with Gasteiger partial charge in [0.25, 0.3) is 0 Å². The molecule has 1 aromatic heterocycles. The summed E-state index contributed by atoms with van der Waals surface area (Å²) in [6, 6.07) is 4.38. The Morgan fingerprint density at radius 2 is 2.00 bits per heavy atom. The summed E-state index contributed by atoms with van der Waals surface area (Å²) in [4.78, 5) is 45.4. The molecule has 1 fully saturated rings. The molecule has 206 valence electrons. The maximum Gasteiger partial charge on any atom is 0.407 e. The third-order valence-corrected chi connectivity index (χ3v) is 7.61. The quantitative estimate of drug-likeness (QED) is 0.502. The molecule has 0 spiro atoms. The molecular formula is C28H36BrN3O6. The highest BCUT2D eigenvalue weighted by Gasteiger charge is 2.46. The number of hydrogen-bond acceptors (Lipinski definition) is 7. The highest BCUT2D eigenvalue weighted by atomic mass is 79.9. The summed E-state index contributed by atoms with van der Waals surface area (Å²) < 4.78 is 18.0. The number of nitrogens with zero attached hydrogens (tertiary/aromatic N) is 2. The SMILES string of the molecule is CCOC(=O)[C@@H]1C[C@@H]2CN1C(=O)[C@H](C(C)(C)C)NC(=O)OCCCCCc1cc(Br)c3ccnc(c3c1)O2. The zero-order valence-electron chi connectivity index (χ0n) is 22.4. The molecular weight excluding hydrogens is 554 g/mol. The third kappa shape index (κ3) is 6.39. The first kappa shape index (κ1) is 28.1. The lowest BCUT2D eigenvalue weighted by Crippen LogP contribution is -2.57. The van der Waals surface area contributed by atoms with E-state index in [9.17, 15) is 14.4 Å². The van der Waals surface area contributed by atoms with Crippen molar-refractivity contribution in [3.8, 4) is 5.88 Å². The molecule has 0 radical (unpaired) electrons. The smallest absolute Gasteiger partial charge is 0.407 e. The van der Waals surface area contributed by atoms with Crippen molar-refractivity contribution in [2.45, 2.75) is 78.0 Å². The molecule has 1 saturated heterocycles. The molecule has 1 aromatic carbocycles. The van der Waals surface area contributed by atoms with Gasteiger partial charge in [0.1, 0.15) is 18.2 Å². The molecule has 2 aliphatic heterocycles. The van der Waals surface area contributed by atoms with Crippen molar-refractivity contribution in [1.29, 1.82) is 0 Å². The Labute approximate surface area is 231 Å². The Bertz CT molecular complexity index is 1200. The van der Waals surface area contributed by atoms with Crippen LogP contribution in [0, 0.1) is 5.41 Å². The van der Waals surface area contributed by atoms with E-state index in [1.54, 1.807) is 13.1 Å². The first-order chi connectivity index (χ1) is 18.1. The van der Waals surface area contributed by atoms with Crippen LogP contribution in [0.15, 0.2) is 28.9 Å². The van der Waals surface area contributed by atoms with Crippen LogP contribution in [0.2, 0.25) is 0 Å². The largest absolute Gasteiger partial charge is 0.472 e. The van der Waals surface area contributed by atoms with Crippen LogP contribution in [0.4, 0.5) is 4.79 Å². The van der Waals surface area contributed by atoms with Crippen LogP contribution in [-0.4, -0.2) is 65.8 Å². The molecule has 10 heteroatoms. The van der Waals surface area contributed by atoms with E-state index in [1.807, 2.05) is 26.8 Å². The fourth-order valence-electron chi connectivity index (χ4n) is 5.00. The number of carbonyl (C=O) groups is 3. The summed E-state index contributed by atoms with van der Waals surface area (Å²) in [6.45, 7) is 7.92. The van der Waals surface area contributed by atoms with Crippen LogP contribution < -0.4 is 10.1 Å². The number of cyclic esters (lactones) is 1. The van der Waals surface area contributed by atoms with Gasteiger partial charge in [-0.05, 0) is 61.8 Å². The zero-order chi connectivity index (χ0) is 27.4. The van der Waals surface area contributed by atoms with Gasteiger partial charge in [-0.3, -0.25) is 4.79 Å². The van der Waals surface area contributed by atoms with Gasteiger partial charge in [0.05, 0.1) is 19.8 Å². The van der Waals surface area contributed by atoms with E-state index in [0.717, 1.165) is 40.1 Å². The normalized spacial score (nSPS) is 23.3. The summed E-state index contributed by atoms with van der Waals surface area (Å²) in [5.74, 6) is -0.415. The summed E-state index contributed by atoms with van der Waals surface area (Å²) >= 11 is 3.69. The second-order valence-electron chi connectivity index (χ2n) is 10.9. The summed E-state index contributed by atoms with van der Waals surface area (Å²) in [5.41, 5.74) is 0.511. The number of nitrogens with one attached hydrogen (secondary N) is 1. The van der Waals surface area contributed by atoms with Gasteiger partial charge in [-0.1, -0.05) is 36.7 Å². The Hall–Kier alpha value is -2.88. The Morgan fingerprint density at radius 3 is 2.74 bits per heavy atom. The average molecular weight is 591 g/mol. The second kappa shape index (κ2) is 11.9. The van der Waals surface area contributed by atoms with Crippen molar-refractivity contribution < 1.29 is 28.6 Å². The molecule has 38 heavy (non-hydrogen) atoms. The number of halogens is 1. The molecule has 4 rings (SSSR count). The van der Waals surface area contributed by atoms with E-state index in [0.29, 0.717) is 12.3 Å². The number of fused-ring (bicyclic) bond motifs is 3. The molecule has 4 bridgehead atoms. The van der Waals surface area contributed by atoms with Gasteiger partial charge in [-0.15, -0.1) is 0 Å². The summed E-state index contributed by atoms with van der Waals surface area (Å²) in [6.07, 6.45) is 4.21. The fraction of sp³-hybridized carbons (Fsp3) is 0.571. The van der Waals surface area contributed by atoms with Crippen molar-refractivity contribution >= 4 is 44.7 Å². The predicted octanol–water partition coefficient (Wildman–Crippen LogP) is 4.78. The molecule has 3 atom stereocenters. The van der Waals surface area contributed by atoms with Gasteiger partial charge in [0.2, 0.25) is 11.8 Å². The molecule has 2 aromatic rings. The van der Waals surface area contributed by atoms with E-state index in [2.05, 4.69) is 38.4 Å².